The molecule has 4 heterocycles. The van der Waals surface area contributed by atoms with Gasteiger partial charge in [0.1, 0.15) is 23.2 Å². The Balaban J connectivity index is 1.48. The van der Waals surface area contributed by atoms with E-state index in [2.05, 4.69) is 4.98 Å². The minimum absolute atomic E-state index is 0.00695. The van der Waals surface area contributed by atoms with Crippen molar-refractivity contribution in [2.24, 2.45) is 0 Å². The summed E-state index contributed by atoms with van der Waals surface area (Å²) in [4.78, 5) is 28.0. The van der Waals surface area contributed by atoms with Crippen LogP contribution in [0.15, 0.2) is 48.7 Å². The molecule has 2 atom stereocenters. The second-order valence-corrected chi connectivity index (χ2v) is 8.75. The van der Waals surface area contributed by atoms with Crippen LogP contribution in [-0.4, -0.2) is 72.3 Å². The molecular formula is C25H26FN5O3. The van der Waals surface area contributed by atoms with Gasteiger partial charge in [-0.25, -0.2) is 9.37 Å². The molecule has 1 fully saturated rings. The van der Waals surface area contributed by atoms with Gasteiger partial charge in [-0.1, -0.05) is 12.1 Å². The number of likely N-dealkylation sites (N-methyl/N-ethyl adjacent to an activating group) is 1. The number of aliphatic hydroxyl groups is 1. The van der Waals surface area contributed by atoms with E-state index in [9.17, 15) is 14.3 Å². The minimum Gasteiger partial charge on any atom is -0.496 e. The zero-order valence-corrected chi connectivity index (χ0v) is 19.3. The van der Waals surface area contributed by atoms with E-state index >= 15 is 0 Å². The molecule has 0 spiro atoms. The Hall–Kier alpha value is -3.56. The zero-order chi connectivity index (χ0) is 24.0. The maximum Gasteiger partial charge on any atom is 0.260 e. The highest BCUT2D eigenvalue weighted by Crippen LogP contribution is 2.38. The number of amides is 1. The molecule has 34 heavy (non-hydrogen) atoms. The number of anilines is 2. The van der Waals surface area contributed by atoms with Crippen LogP contribution >= 0.6 is 0 Å². The Morgan fingerprint density at radius 2 is 1.88 bits per heavy atom. The number of carbonyl (C=O) groups is 1. The third kappa shape index (κ3) is 3.66. The molecule has 1 aromatic carbocycles. The highest BCUT2D eigenvalue weighted by molar-refractivity contribution is 6.10. The van der Waals surface area contributed by atoms with Gasteiger partial charge >= 0.3 is 0 Å². The summed E-state index contributed by atoms with van der Waals surface area (Å²) in [7, 11) is 5.36. The van der Waals surface area contributed by atoms with Gasteiger partial charge in [-0.05, 0) is 44.4 Å². The van der Waals surface area contributed by atoms with Gasteiger partial charge in [0.05, 0.1) is 37.1 Å². The lowest BCUT2D eigenvalue weighted by molar-refractivity contribution is 0.0995. The first-order chi connectivity index (χ1) is 16.4. The van der Waals surface area contributed by atoms with Crippen molar-refractivity contribution in [3.63, 3.8) is 0 Å². The molecule has 2 aliphatic heterocycles. The number of fused-ring (bicyclic) bond motifs is 1. The van der Waals surface area contributed by atoms with Crippen LogP contribution in [0.4, 0.5) is 16.0 Å². The number of carbonyl (C=O) groups excluding carboxylic acids is 1. The minimum atomic E-state index is -0.484. The number of β-amino-alcohol motifs (C(OH)–C–C–N with tert-alkyl or cyclic N) is 1. The van der Waals surface area contributed by atoms with Crippen molar-refractivity contribution < 1.29 is 19.0 Å². The van der Waals surface area contributed by atoms with Crippen LogP contribution < -0.4 is 14.5 Å². The molecule has 0 radical (unpaired) electrons. The van der Waals surface area contributed by atoms with E-state index in [1.807, 2.05) is 36.0 Å². The van der Waals surface area contributed by atoms with E-state index in [-0.39, 0.29) is 24.1 Å². The Morgan fingerprint density at radius 3 is 2.62 bits per heavy atom. The molecule has 9 heteroatoms. The molecule has 1 saturated heterocycles. The fourth-order valence-electron chi connectivity index (χ4n) is 4.74. The summed E-state index contributed by atoms with van der Waals surface area (Å²) in [6, 6.07) is 11.8. The number of hydrogen-bond acceptors (Lipinski definition) is 7. The number of aliphatic hydroxyl groups excluding tert-OH is 1. The number of halogens is 1. The molecule has 2 aliphatic rings. The lowest BCUT2D eigenvalue weighted by Crippen LogP contribution is -2.38. The number of benzene rings is 1. The summed E-state index contributed by atoms with van der Waals surface area (Å²) >= 11 is 0. The average Bonchev–Trinajstić information content (AvgIpc) is 3.39. The van der Waals surface area contributed by atoms with Gasteiger partial charge in [0.2, 0.25) is 0 Å². The van der Waals surface area contributed by atoms with Crippen LogP contribution in [0.2, 0.25) is 0 Å². The van der Waals surface area contributed by atoms with Crippen LogP contribution in [0.1, 0.15) is 15.9 Å². The van der Waals surface area contributed by atoms with Crippen molar-refractivity contribution in [1.82, 2.24) is 14.9 Å². The first-order valence-electron chi connectivity index (χ1n) is 11.1. The van der Waals surface area contributed by atoms with Crippen LogP contribution in [0.5, 0.6) is 5.75 Å². The molecule has 1 amide bonds. The maximum absolute atomic E-state index is 14.8. The van der Waals surface area contributed by atoms with Crippen molar-refractivity contribution in [3.05, 3.63) is 65.6 Å². The van der Waals surface area contributed by atoms with Crippen molar-refractivity contribution in [2.75, 3.05) is 44.1 Å². The van der Waals surface area contributed by atoms with E-state index in [0.29, 0.717) is 47.3 Å². The zero-order valence-electron chi connectivity index (χ0n) is 19.3. The molecule has 3 aromatic rings. The fraction of sp³-hybridized carbons (Fsp3) is 0.320. The van der Waals surface area contributed by atoms with E-state index in [4.69, 9.17) is 9.72 Å². The first kappa shape index (κ1) is 22.2. The summed E-state index contributed by atoms with van der Waals surface area (Å²) < 4.78 is 20.2. The van der Waals surface area contributed by atoms with Gasteiger partial charge in [-0.3, -0.25) is 14.7 Å². The second-order valence-electron chi connectivity index (χ2n) is 8.75. The molecule has 5 rings (SSSR count). The Bertz CT molecular complexity index is 1250. The molecule has 2 aromatic heterocycles. The predicted molar refractivity (Wildman–Crippen MR) is 127 cm³/mol. The molecule has 0 saturated carbocycles. The third-order valence-corrected chi connectivity index (χ3v) is 6.52. The Labute approximate surface area is 197 Å². The van der Waals surface area contributed by atoms with Crippen LogP contribution in [0.25, 0.3) is 11.3 Å². The smallest absolute Gasteiger partial charge is 0.260 e. The van der Waals surface area contributed by atoms with E-state index in [0.717, 1.165) is 0 Å². The maximum atomic E-state index is 14.8. The van der Waals surface area contributed by atoms with Gasteiger partial charge in [-0.2, -0.15) is 0 Å². The second kappa shape index (κ2) is 8.66. The van der Waals surface area contributed by atoms with Gasteiger partial charge in [0, 0.05) is 30.4 Å². The molecule has 0 aliphatic carbocycles. The molecule has 1 N–H and O–H groups in total. The number of nitrogens with zero attached hydrogens (tertiary/aromatic N) is 5. The number of rotatable bonds is 5. The van der Waals surface area contributed by atoms with Gasteiger partial charge in [0.25, 0.3) is 5.91 Å². The summed E-state index contributed by atoms with van der Waals surface area (Å²) in [6.45, 7) is 1.32. The van der Waals surface area contributed by atoms with Crippen LogP contribution in [0, 0.1) is 5.82 Å². The highest BCUT2D eigenvalue weighted by atomic mass is 19.1. The van der Waals surface area contributed by atoms with Crippen molar-refractivity contribution >= 4 is 17.5 Å². The van der Waals surface area contributed by atoms with E-state index in [1.54, 1.807) is 29.2 Å². The topological polar surface area (TPSA) is 82.0 Å². The molecule has 8 nitrogen and oxygen atoms in total. The first-order valence-corrected chi connectivity index (χ1v) is 11.1. The highest BCUT2D eigenvalue weighted by Gasteiger charge is 2.36. The van der Waals surface area contributed by atoms with E-state index in [1.165, 1.54) is 19.4 Å². The number of aromatic nitrogens is 2. The van der Waals surface area contributed by atoms with Crippen molar-refractivity contribution in [3.8, 4) is 17.0 Å². The number of ether oxygens (including phenoxy) is 1. The standard InChI is InChI=1S/C25H26FN5O3/c1-29(2)18-13-30(14-19(18)32)21-8-5-9-22(28-21)31-12-16-15(25(31)33)10-11-27-24(16)23-17(26)6-4-7-20(23)34-3/h4-11,18-19,32H,12-14H2,1-3H3/t18-,19-/m1/s1. The molecule has 0 unspecified atom stereocenters. The molecular weight excluding hydrogens is 437 g/mol. The summed E-state index contributed by atoms with van der Waals surface area (Å²) in [5.74, 6) is 0.863. The Morgan fingerprint density at radius 1 is 1.12 bits per heavy atom. The van der Waals surface area contributed by atoms with Gasteiger partial charge in [0.15, 0.2) is 0 Å². The molecule has 0 bridgehead atoms. The molecule has 176 valence electrons. The summed E-state index contributed by atoms with van der Waals surface area (Å²) in [5.41, 5.74) is 1.72. The van der Waals surface area contributed by atoms with Crippen molar-refractivity contribution in [1.29, 1.82) is 0 Å². The third-order valence-electron chi connectivity index (χ3n) is 6.52. The Kier molecular flexibility index (Phi) is 5.66. The number of pyridine rings is 2. The lowest BCUT2D eigenvalue weighted by Gasteiger charge is -2.22. The monoisotopic (exact) mass is 463 g/mol. The van der Waals surface area contributed by atoms with Crippen LogP contribution in [0.3, 0.4) is 0 Å². The van der Waals surface area contributed by atoms with E-state index < -0.39 is 11.9 Å². The summed E-state index contributed by atoms with van der Waals surface area (Å²) in [6.07, 6.45) is 1.03. The quantitative estimate of drug-likeness (QED) is 0.623. The number of hydrogen-bond donors (Lipinski definition) is 1. The predicted octanol–water partition coefficient (Wildman–Crippen LogP) is 2.56. The largest absolute Gasteiger partial charge is 0.496 e. The van der Waals surface area contributed by atoms with Crippen LogP contribution in [-0.2, 0) is 6.54 Å². The summed E-state index contributed by atoms with van der Waals surface area (Å²) in [5, 5.41) is 10.4. The lowest BCUT2D eigenvalue weighted by atomic mass is 10.0. The number of methoxy groups -OCH3 is 1. The van der Waals surface area contributed by atoms with Crippen molar-refractivity contribution in [2.45, 2.75) is 18.7 Å². The van der Waals surface area contributed by atoms with Gasteiger partial charge in [-0.15, -0.1) is 0 Å². The normalized spacial score (nSPS) is 19.8. The van der Waals surface area contributed by atoms with Gasteiger partial charge < -0.3 is 19.6 Å². The fourth-order valence-corrected chi connectivity index (χ4v) is 4.74. The SMILES string of the molecule is COc1cccc(F)c1-c1nccc2c1CN(c1cccc(N3C[C@@H](O)[C@H](N(C)C)C3)n1)C2=O. The average molecular weight is 464 g/mol.